The van der Waals surface area contributed by atoms with E-state index < -0.39 is 12.7 Å². The fourth-order valence-electron chi connectivity index (χ4n) is 1.70. The molecule has 5 heteroatoms. The molecular formula is C13H16F3NO. The summed E-state index contributed by atoms with van der Waals surface area (Å²) in [6.07, 6.45) is -3.69. The van der Waals surface area contributed by atoms with E-state index in [1.165, 1.54) is 0 Å². The number of carbonyl (C=O) groups is 1. The molecule has 0 bridgehead atoms. The smallest absolute Gasteiger partial charge is 0.293 e. The van der Waals surface area contributed by atoms with Crippen molar-refractivity contribution in [1.29, 1.82) is 0 Å². The minimum atomic E-state index is -4.27. The molecule has 0 spiro atoms. The number of nitrogens with zero attached hydrogens (tertiary/aromatic N) is 1. The molecule has 0 aliphatic heterocycles. The highest BCUT2D eigenvalue weighted by molar-refractivity contribution is 5.97. The molecule has 1 aromatic carbocycles. The highest BCUT2D eigenvalue weighted by Crippen LogP contribution is 2.17. The summed E-state index contributed by atoms with van der Waals surface area (Å²) >= 11 is 0. The summed E-state index contributed by atoms with van der Waals surface area (Å²) in [5, 5.41) is 0. The van der Waals surface area contributed by atoms with E-state index in [2.05, 4.69) is 0 Å². The number of hydrogen-bond acceptors (Lipinski definition) is 2. The van der Waals surface area contributed by atoms with Crippen molar-refractivity contribution in [3.8, 4) is 0 Å². The SMILES string of the molecule is CCCN(CC(=O)c1ccccc1)CC(F)(F)F. The first-order valence-electron chi connectivity index (χ1n) is 5.79. The molecule has 18 heavy (non-hydrogen) atoms. The van der Waals surface area contributed by atoms with Gasteiger partial charge in [0.15, 0.2) is 5.78 Å². The van der Waals surface area contributed by atoms with Crippen molar-refractivity contribution < 1.29 is 18.0 Å². The van der Waals surface area contributed by atoms with Crippen LogP contribution in [0.1, 0.15) is 23.7 Å². The van der Waals surface area contributed by atoms with Gasteiger partial charge in [0.2, 0.25) is 0 Å². The van der Waals surface area contributed by atoms with Crippen LogP contribution in [0.3, 0.4) is 0 Å². The van der Waals surface area contributed by atoms with Crippen molar-refractivity contribution in [2.75, 3.05) is 19.6 Å². The lowest BCUT2D eigenvalue weighted by Crippen LogP contribution is -2.38. The van der Waals surface area contributed by atoms with Crippen molar-refractivity contribution in [3.05, 3.63) is 35.9 Å². The molecule has 0 N–H and O–H groups in total. The van der Waals surface area contributed by atoms with Crippen LogP contribution in [0.25, 0.3) is 0 Å². The topological polar surface area (TPSA) is 20.3 Å². The second kappa shape index (κ2) is 6.54. The zero-order valence-corrected chi connectivity index (χ0v) is 10.2. The van der Waals surface area contributed by atoms with E-state index in [9.17, 15) is 18.0 Å². The average molecular weight is 259 g/mol. The third kappa shape index (κ3) is 5.31. The van der Waals surface area contributed by atoms with E-state index >= 15 is 0 Å². The molecule has 0 saturated carbocycles. The molecule has 0 aromatic heterocycles. The maximum absolute atomic E-state index is 12.3. The van der Waals surface area contributed by atoms with Gasteiger partial charge in [-0.2, -0.15) is 13.2 Å². The van der Waals surface area contributed by atoms with Crippen molar-refractivity contribution in [2.45, 2.75) is 19.5 Å². The maximum atomic E-state index is 12.3. The lowest BCUT2D eigenvalue weighted by Gasteiger charge is -2.22. The van der Waals surface area contributed by atoms with Crippen molar-refractivity contribution in [1.82, 2.24) is 4.90 Å². The Morgan fingerprint density at radius 3 is 2.33 bits per heavy atom. The molecule has 2 nitrogen and oxygen atoms in total. The van der Waals surface area contributed by atoms with Gasteiger partial charge >= 0.3 is 6.18 Å². The second-order valence-corrected chi connectivity index (χ2v) is 4.12. The lowest BCUT2D eigenvalue weighted by molar-refractivity contribution is -0.144. The zero-order valence-electron chi connectivity index (χ0n) is 10.2. The van der Waals surface area contributed by atoms with Gasteiger partial charge in [-0.05, 0) is 13.0 Å². The van der Waals surface area contributed by atoms with Crippen LogP contribution in [0.15, 0.2) is 30.3 Å². The summed E-state index contributed by atoms with van der Waals surface area (Å²) in [7, 11) is 0. The zero-order chi connectivity index (χ0) is 13.6. The Balaban J connectivity index is 2.64. The van der Waals surface area contributed by atoms with Gasteiger partial charge in [-0.15, -0.1) is 0 Å². The lowest BCUT2D eigenvalue weighted by atomic mass is 10.1. The van der Waals surface area contributed by atoms with Crippen LogP contribution in [0.4, 0.5) is 13.2 Å². The van der Waals surface area contributed by atoms with Crippen molar-refractivity contribution in [2.24, 2.45) is 0 Å². The van der Waals surface area contributed by atoms with E-state index in [0.29, 0.717) is 12.0 Å². The number of ketones is 1. The number of Topliss-reactive ketones (excluding diaryl/α,β-unsaturated/α-hetero) is 1. The Kier molecular flexibility index (Phi) is 5.34. The van der Waals surface area contributed by atoms with Crippen LogP contribution in [-0.2, 0) is 0 Å². The predicted octanol–water partition coefficient (Wildman–Crippen LogP) is 3.14. The molecule has 0 fully saturated rings. The number of rotatable bonds is 6. The van der Waals surface area contributed by atoms with Gasteiger partial charge in [0, 0.05) is 5.56 Å². The summed E-state index contributed by atoms with van der Waals surface area (Å²) in [6.45, 7) is 0.811. The quantitative estimate of drug-likeness (QED) is 0.731. The molecule has 1 rings (SSSR count). The van der Waals surface area contributed by atoms with Gasteiger partial charge in [0.1, 0.15) is 0 Å². The molecule has 0 saturated heterocycles. The Bertz CT molecular complexity index is 376. The minimum Gasteiger partial charge on any atom is -0.293 e. The number of hydrogen-bond donors (Lipinski definition) is 0. The predicted molar refractivity (Wildman–Crippen MR) is 63.6 cm³/mol. The molecule has 100 valence electrons. The van der Waals surface area contributed by atoms with Gasteiger partial charge in [-0.25, -0.2) is 0 Å². The van der Waals surface area contributed by atoms with Crippen LogP contribution >= 0.6 is 0 Å². The van der Waals surface area contributed by atoms with Gasteiger partial charge in [0.05, 0.1) is 13.1 Å². The Morgan fingerprint density at radius 2 is 1.83 bits per heavy atom. The number of alkyl halides is 3. The molecule has 1 aromatic rings. The first-order valence-corrected chi connectivity index (χ1v) is 5.79. The summed E-state index contributed by atoms with van der Waals surface area (Å²) in [5.74, 6) is -0.284. The monoisotopic (exact) mass is 259 g/mol. The van der Waals surface area contributed by atoms with Crippen LogP contribution in [0.5, 0.6) is 0 Å². The van der Waals surface area contributed by atoms with Gasteiger partial charge in [-0.1, -0.05) is 37.3 Å². The van der Waals surface area contributed by atoms with Gasteiger partial charge in [0.25, 0.3) is 0 Å². The number of benzene rings is 1. The van der Waals surface area contributed by atoms with Crippen molar-refractivity contribution >= 4 is 5.78 Å². The molecule has 0 amide bonds. The highest BCUT2D eigenvalue weighted by Gasteiger charge is 2.31. The number of halogens is 3. The second-order valence-electron chi connectivity index (χ2n) is 4.12. The third-order valence-corrected chi connectivity index (χ3v) is 2.41. The van der Waals surface area contributed by atoms with Gasteiger partial charge in [-0.3, -0.25) is 9.69 Å². The Hall–Kier alpha value is -1.36. The largest absolute Gasteiger partial charge is 0.401 e. The summed E-state index contributed by atoms with van der Waals surface area (Å²) < 4.78 is 37.0. The molecular weight excluding hydrogens is 243 g/mol. The van der Waals surface area contributed by atoms with E-state index in [1.807, 2.05) is 0 Å². The molecule has 0 atom stereocenters. The van der Waals surface area contributed by atoms with Crippen LogP contribution in [0.2, 0.25) is 0 Å². The number of carbonyl (C=O) groups excluding carboxylic acids is 1. The van der Waals surface area contributed by atoms with E-state index in [1.54, 1.807) is 37.3 Å². The maximum Gasteiger partial charge on any atom is 0.401 e. The normalized spacial score (nSPS) is 11.8. The first kappa shape index (κ1) is 14.7. The fraction of sp³-hybridized carbons (Fsp3) is 0.462. The Morgan fingerprint density at radius 1 is 1.22 bits per heavy atom. The molecule has 0 radical (unpaired) electrons. The molecule has 0 heterocycles. The summed E-state index contributed by atoms with van der Waals surface area (Å²) in [4.78, 5) is 12.9. The fourth-order valence-corrected chi connectivity index (χ4v) is 1.70. The minimum absolute atomic E-state index is 0.197. The van der Waals surface area contributed by atoms with Gasteiger partial charge < -0.3 is 0 Å². The average Bonchev–Trinajstić information content (AvgIpc) is 2.28. The van der Waals surface area contributed by atoms with Crippen LogP contribution in [-0.4, -0.2) is 36.5 Å². The highest BCUT2D eigenvalue weighted by atomic mass is 19.4. The third-order valence-electron chi connectivity index (χ3n) is 2.41. The molecule has 0 aliphatic rings. The standard InChI is InChI=1S/C13H16F3NO/c1-2-8-17(10-13(14,15)16)9-12(18)11-6-4-3-5-7-11/h3-7H,2,8-10H2,1H3. The summed E-state index contributed by atoms with van der Waals surface area (Å²) in [6, 6.07) is 8.37. The van der Waals surface area contributed by atoms with Crippen LogP contribution in [0, 0.1) is 0 Å². The Labute approximate surface area is 104 Å². The molecule has 0 unspecified atom stereocenters. The molecule has 0 aliphatic carbocycles. The van der Waals surface area contributed by atoms with Crippen molar-refractivity contribution in [3.63, 3.8) is 0 Å². The van der Waals surface area contributed by atoms with E-state index in [-0.39, 0.29) is 18.9 Å². The van der Waals surface area contributed by atoms with E-state index in [4.69, 9.17) is 0 Å². The first-order chi connectivity index (χ1) is 8.42. The van der Waals surface area contributed by atoms with Crippen LogP contribution < -0.4 is 0 Å². The van der Waals surface area contributed by atoms with E-state index in [0.717, 1.165) is 4.90 Å². The summed E-state index contributed by atoms with van der Waals surface area (Å²) in [5.41, 5.74) is 0.445.